The minimum absolute atomic E-state index is 0.152. The third-order valence-corrected chi connectivity index (χ3v) is 7.44. The van der Waals surface area contributed by atoms with E-state index in [1.54, 1.807) is 0 Å². The molecule has 1 amide bonds. The van der Waals surface area contributed by atoms with Gasteiger partial charge in [-0.05, 0) is 43.5 Å². The van der Waals surface area contributed by atoms with Gasteiger partial charge in [-0.15, -0.1) is 0 Å². The van der Waals surface area contributed by atoms with Crippen LogP contribution in [-0.2, 0) is 19.4 Å². The average Bonchev–Trinajstić information content (AvgIpc) is 3.27. The fourth-order valence-electron chi connectivity index (χ4n) is 3.68. The van der Waals surface area contributed by atoms with Crippen LogP contribution in [-0.4, -0.2) is 49.4 Å². The maximum absolute atomic E-state index is 12.6. The van der Waals surface area contributed by atoms with Crippen LogP contribution < -0.4 is 5.32 Å². The van der Waals surface area contributed by atoms with Crippen LogP contribution in [0.2, 0.25) is 0 Å². The van der Waals surface area contributed by atoms with Gasteiger partial charge in [0, 0.05) is 12.2 Å². The number of carboxylic acid groups (broad SMARTS) is 1. The summed E-state index contributed by atoms with van der Waals surface area (Å²) in [5, 5.41) is 11.5. The van der Waals surface area contributed by atoms with E-state index in [2.05, 4.69) is 5.32 Å². The van der Waals surface area contributed by atoms with Gasteiger partial charge in [0.25, 0.3) is 5.91 Å². The number of hydrogen-bond acceptors (Lipinski definition) is 5. The molecule has 142 valence electrons. The summed E-state index contributed by atoms with van der Waals surface area (Å²) in [6, 6.07) is 5.86. The molecular formula is C18H23NO6S. The summed E-state index contributed by atoms with van der Waals surface area (Å²) in [6.07, 6.45) is 3.44. The SMILES string of the molecule is O=C(O)CC1(NC(=O)c2ccc(S(=O)(=O)C3CCCC3)cc2)CCOC1. The zero-order valence-corrected chi connectivity index (χ0v) is 15.3. The fraction of sp³-hybridized carbons (Fsp3) is 0.556. The molecule has 1 aromatic rings. The molecule has 1 heterocycles. The number of carbonyl (C=O) groups is 2. The van der Waals surface area contributed by atoms with Crippen LogP contribution in [0, 0.1) is 0 Å². The second-order valence-corrected chi connectivity index (χ2v) is 9.31. The summed E-state index contributed by atoms with van der Waals surface area (Å²) in [6.45, 7) is 0.547. The van der Waals surface area contributed by atoms with Gasteiger partial charge in [0.2, 0.25) is 0 Å². The lowest BCUT2D eigenvalue weighted by Gasteiger charge is -2.27. The predicted octanol–water partition coefficient (Wildman–Crippen LogP) is 1.77. The molecule has 8 heteroatoms. The van der Waals surface area contributed by atoms with Crippen LogP contribution in [0.15, 0.2) is 29.2 Å². The Kier molecular flexibility index (Phi) is 5.34. The fourth-order valence-corrected chi connectivity index (χ4v) is 5.53. The predicted molar refractivity (Wildman–Crippen MR) is 93.8 cm³/mol. The van der Waals surface area contributed by atoms with Crippen molar-refractivity contribution in [3.05, 3.63) is 29.8 Å². The molecule has 1 unspecified atom stereocenters. The zero-order chi connectivity index (χ0) is 18.8. The van der Waals surface area contributed by atoms with Crippen LogP contribution in [0.25, 0.3) is 0 Å². The minimum atomic E-state index is -3.36. The Morgan fingerprint density at radius 3 is 2.38 bits per heavy atom. The number of nitrogens with one attached hydrogen (secondary N) is 1. The van der Waals surface area contributed by atoms with Crippen molar-refractivity contribution in [3.63, 3.8) is 0 Å². The first-order valence-corrected chi connectivity index (χ1v) is 10.3. The zero-order valence-electron chi connectivity index (χ0n) is 14.4. The Morgan fingerprint density at radius 2 is 1.85 bits per heavy atom. The molecule has 0 spiro atoms. The van der Waals surface area contributed by atoms with Gasteiger partial charge in [-0.3, -0.25) is 9.59 Å². The van der Waals surface area contributed by atoms with E-state index < -0.39 is 27.3 Å². The second kappa shape index (κ2) is 7.36. The van der Waals surface area contributed by atoms with Gasteiger partial charge in [-0.25, -0.2) is 8.42 Å². The summed E-state index contributed by atoms with van der Waals surface area (Å²) < 4.78 is 30.4. The van der Waals surface area contributed by atoms with Crippen molar-refractivity contribution in [2.24, 2.45) is 0 Å². The van der Waals surface area contributed by atoms with E-state index in [9.17, 15) is 18.0 Å². The molecule has 0 radical (unpaired) electrons. The van der Waals surface area contributed by atoms with Crippen molar-refractivity contribution in [3.8, 4) is 0 Å². The first-order chi connectivity index (χ1) is 12.3. The molecule has 7 nitrogen and oxygen atoms in total. The van der Waals surface area contributed by atoms with Gasteiger partial charge in [0.05, 0.1) is 28.7 Å². The maximum atomic E-state index is 12.6. The van der Waals surface area contributed by atoms with Gasteiger partial charge in [0.1, 0.15) is 0 Å². The number of amides is 1. The van der Waals surface area contributed by atoms with Crippen molar-refractivity contribution >= 4 is 21.7 Å². The first-order valence-electron chi connectivity index (χ1n) is 8.78. The number of aliphatic carboxylic acids is 1. The standard InChI is InChI=1S/C18H23NO6S/c20-16(21)11-18(9-10-25-12-18)19-17(22)13-5-7-15(8-6-13)26(23,24)14-3-1-2-4-14/h5-8,14H,1-4,9-12H2,(H,19,22)(H,20,21). The highest BCUT2D eigenvalue weighted by Crippen LogP contribution is 2.30. The topological polar surface area (TPSA) is 110 Å². The molecule has 2 N–H and O–H groups in total. The normalized spacial score (nSPS) is 23.8. The second-order valence-electron chi connectivity index (χ2n) is 7.08. The quantitative estimate of drug-likeness (QED) is 0.777. The van der Waals surface area contributed by atoms with Crippen molar-refractivity contribution in [1.82, 2.24) is 5.32 Å². The Labute approximate surface area is 152 Å². The third-order valence-electron chi connectivity index (χ3n) is 5.16. The van der Waals surface area contributed by atoms with Gasteiger partial charge >= 0.3 is 5.97 Å². The Balaban J connectivity index is 1.73. The van der Waals surface area contributed by atoms with Crippen LogP contribution in [0.1, 0.15) is 48.9 Å². The molecule has 1 atom stereocenters. The highest BCUT2D eigenvalue weighted by molar-refractivity contribution is 7.92. The van der Waals surface area contributed by atoms with E-state index in [1.807, 2.05) is 0 Å². The molecule has 1 aliphatic heterocycles. The number of benzene rings is 1. The van der Waals surface area contributed by atoms with E-state index in [0.717, 1.165) is 12.8 Å². The monoisotopic (exact) mass is 381 g/mol. The Hall–Kier alpha value is -1.93. The van der Waals surface area contributed by atoms with Crippen LogP contribution >= 0.6 is 0 Å². The summed E-state index contributed by atoms with van der Waals surface area (Å²) >= 11 is 0. The van der Waals surface area contributed by atoms with Crippen LogP contribution in [0.4, 0.5) is 0 Å². The Bertz CT molecular complexity index is 774. The van der Waals surface area contributed by atoms with E-state index in [-0.39, 0.29) is 23.2 Å². The lowest BCUT2D eigenvalue weighted by atomic mass is 9.94. The number of carboxylic acids is 1. The van der Waals surface area contributed by atoms with Crippen molar-refractivity contribution in [2.75, 3.05) is 13.2 Å². The minimum Gasteiger partial charge on any atom is -0.481 e. The van der Waals surface area contributed by atoms with E-state index in [4.69, 9.17) is 9.84 Å². The lowest BCUT2D eigenvalue weighted by molar-refractivity contribution is -0.138. The van der Waals surface area contributed by atoms with E-state index >= 15 is 0 Å². The van der Waals surface area contributed by atoms with Gasteiger partial charge in [-0.2, -0.15) is 0 Å². The van der Waals surface area contributed by atoms with Crippen molar-refractivity contribution < 1.29 is 27.9 Å². The molecule has 1 aliphatic carbocycles. The number of hydrogen-bond donors (Lipinski definition) is 2. The molecule has 1 saturated heterocycles. The molecule has 3 rings (SSSR count). The average molecular weight is 381 g/mol. The van der Waals surface area contributed by atoms with Crippen molar-refractivity contribution in [2.45, 2.75) is 54.2 Å². The van der Waals surface area contributed by atoms with Gasteiger partial charge in [-0.1, -0.05) is 12.8 Å². The lowest BCUT2D eigenvalue weighted by Crippen LogP contribution is -2.50. The smallest absolute Gasteiger partial charge is 0.305 e. The molecule has 0 aromatic heterocycles. The van der Waals surface area contributed by atoms with E-state index in [0.29, 0.717) is 31.4 Å². The molecule has 0 bridgehead atoms. The number of carbonyl (C=O) groups excluding carboxylic acids is 1. The third kappa shape index (κ3) is 3.91. The van der Waals surface area contributed by atoms with Crippen LogP contribution in [0.3, 0.4) is 0 Å². The molecule has 2 aliphatic rings. The molecule has 1 saturated carbocycles. The number of rotatable bonds is 6. The molecular weight excluding hydrogens is 358 g/mol. The highest BCUT2D eigenvalue weighted by atomic mass is 32.2. The Morgan fingerprint density at radius 1 is 1.19 bits per heavy atom. The summed E-state index contributed by atoms with van der Waals surface area (Å²) in [4.78, 5) is 23.8. The maximum Gasteiger partial charge on any atom is 0.305 e. The summed E-state index contributed by atoms with van der Waals surface area (Å²) in [7, 11) is -3.36. The van der Waals surface area contributed by atoms with E-state index in [1.165, 1.54) is 24.3 Å². The summed E-state index contributed by atoms with van der Waals surface area (Å²) in [5.74, 6) is -1.43. The number of ether oxygens (including phenoxy) is 1. The molecule has 1 aromatic carbocycles. The summed E-state index contributed by atoms with van der Waals surface area (Å²) in [5.41, 5.74) is -0.621. The van der Waals surface area contributed by atoms with Gasteiger partial charge < -0.3 is 15.2 Å². The van der Waals surface area contributed by atoms with Crippen molar-refractivity contribution in [1.29, 1.82) is 0 Å². The first kappa shape index (κ1) is 18.8. The van der Waals surface area contributed by atoms with Gasteiger partial charge in [0.15, 0.2) is 9.84 Å². The molecule has 2 fully saturated rings. The molecule has 26 heavy (non-hydrogen) atoms. The number of sulfone groups is 1. The largest absolute Gasteiger partial charge is 0.481 e. The highest BCUT2D eigenvalue weighted by Gasteiger charge is 2.39. The van der Waals surface area contributed by atoms with Crippen LogP contribution in [0.5, 0.6) is 0 Å².